The summed E-state index contributed by atoms with van der Waals surface area (Å²) in [5.41, 5.74) is 2.39. The number of benzene rings is 2. The molecule has 1 saturated heterocycles. The Hall–Kier alpha value is -2.82. The van der Waals surface area contributed by atoms with E-state index in [1.165, 1.54) is 0 Å². The van der Waals surface area contributed by atoms with Crippen LogP contribution in [0.3, 0.4) is 0 Å². The third-order valence-electron chi connectivity index (χ3n) is 4.46. The molecule has 1 N–H and O–H groups in total. The monoisotopic (exact) mass is 324 g/mol. The van der Waals surface area contributed by atoms with Crippen molar-refractivity contribution in [3.05, 3.63) is 60.2 Å². The lowest BCUT2D eigenvalue weighted by Crippen LogP contribution is -2.31. The molecular formula is C19H20N2O3. The van der Waals surface area contributed by atoms with E-state index in [4.69, 9.17) is 5.11 Å². The van der Waals surface area contributed by atoms with E-state index in [2.05, 4.69) is 0 Å². The van der Waals surface area contributed by atoms with Crippen LogP contribution in [0.2, 0.25) is 0 Å². The zero-order valence-electron chi connectivity index (χ0n) is 13.6. The Morgan fingerprint density at radius 3 is 2.42 bits per heavy atom. The third kappa shape index (κ3) is 3.11. The molecule has 0 spiro atoms. The molecule has 0 radical (unpaired) electrons. The molecule has 0 bridgehead atoms. The minimum Gasteiger partial charge on any atom is -0.481 e. The van der Waals surface area contributed by atoms with Gasteiger partial charge in [-0.3, -0.25) is 9.59 Å². The normalized spacial score (nSPS) is 16.9. The Balaban J connectivity index is 1.87. The summed E-state index contributed by atoms with van der Waals surface area (Å²) in [5, 5.41) is 9.13. The van der Waals surface area contributed by atoms with Crippen molar-refractivity contribution in [1.82, 2.24) is 4.90 Å². The molecule has 3 rings (SSSR count). The number of carboxylic acid groups (broad SMARTS) is 1. The van der Waals surface area contributed by atoms with Gasteiger partial charge in [-0.05, 0) is 30.7 Å². The van der Waals surface area contributed by atoms with Gasteiger partial charge in [0.25, 0.3) is 5.91 Å². The molecule has 124 valence electrons. The maximum atomic E-state index is 12.9. The van der Waals surface area contributed by atoms with Gasteiger partial charge >= 0.3 is 5.97 Å². The number of para-hydroxylation sites is 2. The SMILES string of the molecule is CN(c1ccccc1)c1ccccc1C(=O)N1CC[C@H](C(=O)O)C1. The number of hydrogen-bond donors (Lipinski definition) is 1. The number of carbonyl (C=O) groups is 2. The lowest BCUT2D eigenvalue weighted by Gasteiger charge is -2.24. The van der Waals surface area contributed by atoms with Crippen LogP contribution in [0.15, 0.2) is 54.6 Å². The first-order valence-corrected chi connectivity index (χ1v) is 7.98. The smallest absolute Gasteiger partial charge is 0.308 e. The predicted molar refractivity (Wildman–Crippen MR) is 92.6 cm³/mol. The van der Waals surface area contributed by atoms with E-state index in [0.29, 0.717) is 18.5 Å². The van der Waals surface area contributed by atoms with E-state index in [1.54, 1.807) is 11.0 Å². The first kappa shape index (κ1) is 16.1. The Bertz CT molecular complexity index is 745. The van der Waals surface area contributed by atoms with Gasteiger partial charge in [0, 0.05) is 25.8 Å². The highest BCUT2D eigenvalue weighted by atomic mass is 16.4. The molecule has 1 aliphatic heterocycles. The molecule has 1 fully saturated rings. The van der Waals surface area contributed by atoms with Gasteiger partial charge in [0.1, 0.15) is 0 Å². The summed E-state index contributed by atoms with van der Waals surface area (Å²) in [4.78, 5) is 27.6. The Kier molecular flexibility index (Phi) is 4.51. The molecule has 0 aromatic heterocycles. The van der Waals surface area contributed by atoms with Crippen LogP contribution < -0.4 is 4.90 Å². The topological polar surface area (TPSA) is 60.9 Å². The average Bonchev–Trinajstić information content (AvgIpc) is 3.12. The van der Waals surface area contributed by atoms with Crippen molar-refractivity contribution in [3.8, 4) is 0 Å². The van der Waals surface area contributed by atoms with E-state index < -0.39 is 11.9 Å². The van der Waals surface area contributed by atoms with Gasteiger partial charge in [-0.25, -0.2) is 0 Å². The number of likely N-dealkylation sites (tertiary alicyclic amines) is 1. The molecule has 0 unspecified atom stereocenters. The van der Waals surface area contributed by atoms with Crippen molar-refractivity contribution in [2.45, 2.75) is 6.42 Å². The van der Waals surface area contributed by atoms with Gasteiger partial charge in [0.2, 0.25) is 0 Å². The van der Waals surface area contributed by atoms with E-state index in [9.17, 15) is 9.59 Å². The lowest BCUT2D eigenvalue weighted by atomic mass is 10.1. The second kappa shape index (κ2) is 6.74. The number of rotatable bonds is 4. The van der Waals surface area contributed by atoms with Gasteiger partial charge in [0.05, 0.1) is 17.2 Å². The minimum absolute atomic E-state index is 0.114. The molecule has 0 saturated carbocycles. The first-order valence-electron chi connectivity index (χ1n) is 7.98. The number of carbonyl (C=O) groups excluding carboxylic acids is 1. The zero-order chi connectivity index (χ0) is 17.1. The summed E-state index contributed by atoms with van der Waals surface area (Å²) in [6, 6.07) is 17.3. The summed E-state index contributed by atoms with van der Waals surface area (Å²) in [7, 11) is 1.92. The molecule has 2 aromatic rings. The summed E-state index contributed by atoms with van der Waals surface area (Å²) in [6.45, 7) is 0.761. The Morgan fingerprint density at radius 2 is 1.75 bits per heavy atom. The number of anilines is 2. The third-order valence-corrected chi connectivity index (χ3v) is 4.46. The molecule has 24 heavy (non-hydrogen) atoms. The number of carboxylic acids is 1. The lowest BCUT2D eigenvalue weighted by molar-refractivity contribution is -0.141. The summed E-state index contributed by atoms with van der Waals surface area (Å²) < 4.78 is 0. The highest BCUT2D eigenvalue weighted by Crippen LogP contribution is 2.29. The van der Waals surface area contributed by atoms with Gasteiger partial charge in [-0.2, -0.15) is 0 Å². The van der Waals surface area contributed by atoms with E-state index in [0.717, 1.165) is 11.4 Å². The first-order chi connectivity index (χ1) is 11.6. The van der Waals surface area contributed by atoms with Crippen molar-refractivity contribution in [2.24, 2.45) is 5.92 Å². The average molecular weight is 324 g/mol. The maximum Gasteiger partial charge on any atom is 0.308 e. The minimum atomic E-state index is -0.833. The van der Waals surface area contributed by atoms with Crippen LogP contribution in [0.1, 0.15) is 16.8 Å². The standard InChI is InChI=1S/C19H20N2O3/c1-20(15-7-3-2-4-8-15)17-10-6-5-9-16(17)18(22)21-12-11-14(13-21)19(23)24/h2-10,14H,11-13H2,1H3,(H,23,24)/t14-/m0/s1. The number of aliphatic carboxylic acids is 1. The van der Waals surface area contributed by atoms with Crippen LogP contribution in [-0.4, -0.2) is 42.0 Å². The highest BCUT2D eigenvalue weighted by Gasteiger charge is 2.32. The fraction of sp³-hybridized carbons (Fsp3) is 0.263. The maximum absolute atomic E-state index is 12.9. The largest absolute Gasteiger partial charge is 0.481 e. The Labute approximate surface area is 141 Å². The zero-order valence-corrected chi connectivity index (χ0v) is 13.6. The van der Waals surface area contributed by atoms with Crippen molar-refractivity contribution in [3.63, 3.8) is 0 Å². The second-order valence-electron chi connectivity index (χ2n) is 5.99. The van der Waals surface area contributed by atoms with Gasteiger partial charge in [0.15, 0.2) is 0 Å². The molecule has 1 heterocycles. The number of hydrogen-bond acceptors (Lipinski definition) is 3. The fourth-order valence-corrected chi connectivity index (χ4v) is 3.05. The molecule has 5 nitrogen and oxygen atoms in total. The van der Waals surface area contributed by atoms with Crippen LogP contribution in [0, 0.1) is 5.92 Å². The fourth-order valence-electron chi connectivity index (χ4n) is 3.05. The van der Waals surface area contributed by atoms with E-state index in [1.807, 2.05) is 60.5 Å². The predicted octanol–water partition coefficient (Wildman–Crippen LogP) is 3.00. The van der Waals surface area contributed by atoms with E-state index >= 15 is 0 Å². The van der Waals surface area contributed by atoms with Crippen LogP contribution in [0.5, 0.6) is 0 Å². The van der Waals surface area contributed by atoms with Gasteiger partial charge in [-0.1, -0.05) is 30.3 Å². The molecular weight excluding hydrogens is 304 g/mol. The van der Waals surface area contributed by atoms with Crippen LogP contribution in [0.4, 0.5) is 11.4 Å². The number of amides is 1. The molecule has 2 aromatic carbocycles. The van der Waals surface area contributed by atoms with Crippen molar-refractivity contribution < 1.29 is 14.7 Å². The molecule has 0 aliphatic carbocycles. The summed E-state index contributed by atoms with van der Waals surface area (Å²) in [5.74, 6) is -1.41. The van der Waals surface area contributed by atoms with Crippen LogP contribution >= 0.6 is 0 Å². The highest BCUT2D eigenvalue weighted by molar-refractivity contribution is 6.01. The van der Waals surface area contributed by atoms with Crippen molar-refractivity contribution in [1.29, 1.82) is 0 Å². The van der Waals surface area contributed by atoms with Crippen molar-refractivity contribution in [2.75, 3.05) is 25.0 Å². The summed E-state index contributed by atoms with van der Waals surface area (Å²) in [6.07, 6.45) is 0.512. The summed E-state index contributed by atoms with van der Waals surface area (Å²) >= 11 is 0. The van der Waals surface area contributed by atoms with Crippen LogP contribution in [-0.2, 0) is 4.79 Å². The second-order valence-corrected chi connectivity index (χ2v) is 5.99. The van der Waals surface area contributed by atoms with Gasteiger partial charge in [-0.15, -0.1) is 0 Å². The number of nitrogens with zero attached hydrogens (tertiary/aromatic N) is 2. The quantitative estimate of drug-likeness (QED) is 0.939. The molecule has 5 heteroatoms. The van der Waals surface area contributed by atoms with E-state index in [-0.39, 0.29) is 12.5 Å². The molecule has 1 aliphatic rings. The van der Waals surface area contributed by atoms with Gasteiger partial charge < -0.3 is 14.9 Å². The van der Waals surface area contributed by atoms with Crippen molar-refractivity contribution >= 4 is 23.3 Å². The molecule has 1 atom stereocenters. The Morgan fingerprint density at radius 1 is 1.08 bits per heavy atom. The van der Waals surface area contributed by atoms with Crippen LogP contribution in [0.25, 0.3) is 0 Å². The molecule has 1 amide bonds.